The fraction of sp³-hybridized carbons (Fsp3) is 0.500. The molecule has 0 spiro atoms. The van der Waals surface area contributed by atoms with Gasteiger partial charge in [0.25, 0.3) is 0 Å². The van der Waals surface area contributed by atoms with Gasteiger partial charge in [0.2, 0.25) is 5.91 Å². The van der Waals surface area contributed by atoms with Crippen LogP contribution in [-0.2, 0) is 9.53 Å². The Hall–Kier alpha value is -0.710. The number of nitrogens with one attached hydrogen (secondary N) is 1. The van der Waals surface area contributed by atoms with Crippen molar-refractivity contribution in [2.45, 2.75) is 23.3 Å². The van der Waals surface area contributed by atoms with Crippen LogP contribution in [0.2, 0.25) is 0 Å². The number of hydrogen-bond acceptors (Lipinski definition) is 3. The Morgan fingerprint density at radius 2 is 2.00 bits per heavy atom. The van der Waals surface area contributed by atoms with E-state index in [0.29, 0.717) is 24.8 Å². The van der Waals surface area contributed by atoms with Gasteiger partial charge in [-0.05, 0) is 25.0 Å². The average Bonchev–Trinajstić information content (AvgIpc) is 2.47. The molecule has 1 aliphatic heterocycles. The predicted molar refractivity (Wildman–Crippen MR) is 78.8 cm³/mol. The Kier molecular flexibility index (Phi) is 5.55. The van der Waals surface area contributed by atoms with E-state index in [4.69, 9.17) is 16.3 Å². The van der Waals surface area contributed by atoms with E-state index in [1.807, 2.05) is 30.3 Å². The highest BCUT2D eigenvalue weighted by Gasteiger charge is 2.33. The molecule has 2 rings (SSSR count). The van der Waals surface area contributed by atoms with Crippen LogP contribution in [0.15, 0.2) is 35.2 Å². The van der Waals surface area contributed by atoms with E-state index >= 15 is 0 Å². The Labute approximate surface area is 123 Å². The lowest BCUT2D eigenvalue weighted by Crippen LogP contribution is -2.54. The summed E-state index contributed by atoms with van der Waals surface area (Å²) in [6.45, 7) is 1.33. The van der Waals surface area contributed by atoms with Crippen LogP contribution in [0.1, 0.15) is 12.8 Å². The van der Waals surface area contributed by atoms with Crippen molar-refractivity contribution in [1.29, 1.82) is 0 Å². The smallest absolute Gasteiger partial charge is 0.230 e. The number of amides is 1. The van der Waals surface area contributed by atoms with Gasteiger partial charge < -0.3 is 10.1 Å². The monoisotopic (exact) mass is 299 g/mol. The second-order valence-electron chi connectivity index (χ2n) is 4.68. The number of carbonyl (C=O) groups is 1. The fourth-order valence-electron chi connectivity index (χ4n) is 2.05. The lowest BCUT2D eigenvalue weighted by atomic mass is 9.92. The summed E-state index contributed by atoms with van der Waals surface area (Å²) in [7, 11) is 0. The van der Waals surface area contributed by atoms with Crippen molar-refractivity contribution >= 4 is 29.3 Å². The summed E-state index contributed by atoms with van der Waals surface area (Å²) in [4.78, 5) is 13.1. The zero-order valence-corrected chi connectivity index (χ0v) is 12.3. The summed E-state index contributed by atoms with van der Waals surface area (Å²) in [5, 5.41) is 3.08. The van der Waals surface area contributed by atoms with Gasteiger partial charge in [0, 0.05) is 24.0 Å². The van der Waals surface area contributed by atoms with Crippen LogP contribution in [-0.4, -0.2) is 36.3 Å². The fourth-order valence-corrected chi connectivity index (χ4v) is 3.11. The highest BCUT2D eigenvalue weighted by atomic mass is 35.5. The molecule has 1 aromatic rings. The molecule has 0 saturated carbocycles. The van der Waals surface area contributed by atoms with Crippen molar-refractivity contribution in [3.05, 3.63) is 30.3 Å². The molecule has 5 heteroatoms. The number of halogens is 1. The zero-order chi connectivity index (χ0) is 13.6. The first-order valence-corrected chi connectivity index (χ1v) is 7.89. The van der Waals surface area contributed by atoms with Gasteiger partial charge in [-0.3, -0.25) is 4.79 Å². The first-order chi connectivity index (χ1) is 9.24. The molecule has 1 aliphatic rings. The summed E-state index contributed by atoms with van der Waals surface area (Å²) < 4.78 is 5.32. The van der Waals surface area contributed by atoms with E-state index < -0.39 is 0 Å². The van der Waals surface area contributed by atoms with Crippen molar-refractivity contribution in [2.75, 3.05) is 24.8 Å². The minimum atomic E-state index is -0.284. The summed E-state index contributed by atoms with van der Waals surface area (Å²) in [5.41, 5.74) is -0.284. The highest BCUT2D eigenvalue weighted by molar-refractivity contribution is 8.00. The lowest BCUT2D eigenvalue weighted by Gasteiger charge is -2.36. The third-order valence-electron chi connectivity index (χ3n) is 3.22. The van der Waals surface area contributed by atoms with Crippen molar-refractivity contribution in [3.63, 3.8) is 0 Å². The molecule has 104 valence electrons. The third-order valence-corrected chi connectivity index (χ3v) is 4.75. The number of rotatable bonds is 5. The lowest BCUT2D eigenvalue weighted by molar-refractivity contribution is -0.121. The molecule has 1 heterocycles. The molecule has 1 amide bonds. The van der Waals surface area contributed by atoms with E-state index in [-0.39, 0.29) is 11.4 Å². The first-order valence-electron chi connectivity index (χ1n) is 6.37. The topological polar surface area (TPSA) is 38.3 Å². The van der Waals surface area contributed by atoms with Gasteiger partial charge in [0.15, 0.2) is 0 Å². The molecule has 1 aromatic carbocycles. The van der Waals surface area contributed by atoms with Gasteiger partial charge in [-0.25, -0.2) is 0 Å². The zero-order valence-electron chi connectivity index (χ0n) is 10.7. The number of hydrogen-bond donors (Lipinski definition) is 1. The van der Waals surface area contributed by atoms with Crippen molar-refractivity contribution < 1.29 is 9.53 Å². The maximum Gasteiger partial charge on any atom is 0.230 e. The molecule has 0 bridgehead atoms. The van der Waals surface area contributed by atoms with Crippen molar-refractivity contribution in [2.24, 2.45) is 0 Å². The van der Waals surface area contributed by atoms with Crippen LogP contribution in [0, 0.1) is 0 Å². The largest absolute Gasteiger partial charge is 0.381 e. The number of alkyl halides is 1. The molecule has 0 unspecified atom stereocenters. The predicted octanol–water partition coefficient (Wildman–Crippen LogP) is 2.68. The summed E-state index contributed by atoms with van der Waals surface area (Å²) >= 11 is 7.56. The normalized spacial score (nSPS) is 17.9. The second-order valence-corrected chi connectivity index (χ2v) is 5.99. The van der Waals surface area contributed by atoms with E-state index in [9.17, 15) is 4.79 Å². The van der Waals surface area contributed by atoms with Crippen LogP contribution < -0.4 is 5.32 Å². The molecule has 19 heavy (non-hydrogen) atoms. The minimum absolute atomic E-state index is 0.0383. The Morgan fingerprint density at radius 1 is 1.32 bits per heavy atom. The molecule has 0 atom stereocenters. The van der Waals surface area contributed by atoms with E-state index in [2.05, 4.69) is 5.32 Å². The van der Waals surface area contributed by atoms with Gasteiger partial charge in [0.1, 0.15) is 0 Å². The molecule has 0 aliphatic carbocycles. The Balaban J connectivity index is 1.83. The Bertz CT molecular complexity index is 407. The average molecular weight is 300 g/mol. The molecule has 0 aromatic heterocycles. The molecular weight excluding hydrogens is 282 g/mol. The molecular formula is C14H18ClNO2S. The van der Waals surface area contributed by atoms with Gasteiger partial charge in [-0.2, -0.15) is 0 Å². The van der Waals surface area contributed by atoms with Crippen molar-refractivity contribution in [3.8, 4) is 0 Å². The van der Waals surface area contributed by atoms with Crippen LogP contribution in [0.5, 0.6) is 0 Å². The molecule has 3 nitrogen and oxygen atoms in total. The first kappa shape index (κ1) is 14.7. The molecule has 0 radical (unpaired) electrons. The number of carbonyl (C=O) groups excluding carboxylic acids is 1. The van der Waals surface area contributed by atoms with Gasteiger partial charge in [-0.1, -0.05) is 18.2 Å². The SMILES string of the molecule is O=C(CSc1ccccc1)NC1(CCl)CCOCC1. The van der Waals surface area contributed by atoms with E-state index in [0.717, 1.165) is 17.7 Å². The summed E-state index contributed by atoms with van der Waals surface area (Å²) in [6.07, 6.45) is 1.58. The van der Waals surface area contributed by atoms with Crippen LogP contribution >= 0.6 is 23.4 Å². The number of thioether (sulfide) groups is 1. The summed E-state index contributed by atoms with van der Waals surface area (Å²) in [6, 6.07) is 9.92. The highest BCUT2D eigenvalue weighted by Crippen LogP contribution is 2.23. The molecule has 1 saturated heterocycles. The number of ether oxygens (including phenoxy) is 1. The molecule has 1 N–H and O–H groups in total. The van der Waals surface area contributed by atoms with E-state index in [1.54, 1.807) is 0 Å². The second kappa shape index (κ2) is 7.17. The summed E-state index contributed by atoms with van der Waals surface area (Å²) in [5.74, 6) is 0.901. The van der Waals surface area contributed by atoms with Crippen LogP contribution in [0.25, 0.3) is 0 Å². The third kappa shape index (κ3) is 4.41. The van der Waals surface area contributed by atoms with Gasteiger partial charge in [0.05, 0.1) is 11.3 Å². The number of benzene rings is 1. The van der Waals surface area contributed by atoms with Gasteiger partial charge in [-0.15, -0.1) is 23.4 Å². The van der Waals surface area contributed by atoms with Crippen molar-refractivity contribution in [1.82, 2.24) is 5.32 Å². The maximum atomic E-state index is 12.0. The van der Waals surface area contributed by atoms with Gasteiger partial charge >= 0.3 is 0 Å². The van der Waals surface area contributed by atoms with E-state index in [1.165, 1.54) is 11.8 Å². The quantitative estimate of drug-likeness (QED) is 0.671. The minimum Gasteiger partial charge on any atom is -0.381 e. The van der Waals surface area contributed by atoms with Crippen LogP contribution in [0.3, 0.4) is 0 Å². The maximum absolute atomic E-state index is 12.0. The molecule has 1 fully saturated rings. The Morgan fingerprint density at radius 3 is 2.63 bits per heavy atom. The van der Waals surface area contributed by atoms with Crippen LogP contribution in [0.4, 0.5) is 0 Å². The standard InChI is InChI=1S/C14H18ClNO2S/c15-11-14(6-8-18-9-7-14)16-13(17)10-19-12-4-2-1-3-5-12/h1-5H,6-11H2,(H,16,17).